The molecular weight excluding hydrogens is 340 g/mol. The number of rotatable bonds is 3. The molecule has 2 rings (SSSR count). The quantitative estimate of drug-likeness (QED) is 0.875. The van der Waals surface area contributed by atoms with Gasteiger partial charge in [0.2, 0.25) is 10.0 Å². The zero-order chi connectivity index (χ0) is 13.2. The molecule has 1 aromatic carbocycles. The van der Waals surface area contributed by atoms with Gasteiger partial charge in [-0.05, 0) is 44.1 Å². The van der Waals surface area contributed by atoms with Crippen LogP contribution in [0, 0.1) is 0 Å². The molecule has 4 nitrogen and oxygen atoms in total. The van der Waals surface area contributed by atoms with E-state index in [1.165, 1.54) is 6.07 Å². The lowest BCUT2D eigenvalue weighted by Gasteiger charge is -2.23. The summed E-state index contributed by atoms with van der Waals surface area (Å²) in [6.45, 7) is 1.67. The Labute approximate surface area is 120 Å². The lowest BCUT2D eigenvalue weighted by Crippen LogP contribution is -2.42. The maximum absolute atomic E-state index is 12.2. The van der Waals surface area contributed by atoms with Crippen LogP contribution in [-0.2, 0) is 10.0 Å². The second kappa shape index (κ2) is 5.88. The molecule has 0 saturated carbocycles. The average molecular weight is 354 g/mol. The van der Waals surface area contributed by atoms with Crippen LogP contribution in [0.4, 0.5) is 0 Å². The molecule has 0 unspecified atom stereocenters. The van der Waals surface area contributed by atoms with E-state index in [-0.39, 0.29) is 16.0 Å². The van der Waals surface area contributed by atoms with E-state index in [2.05, 4.69) is 26.0 Å². The van der Waals surface area contributed by atoms with Crippen LogP contribution >= 0.6 is 27.5 Å². The molecule has 0 radical (unpaired) electrons. The molecule has 1 aliphatic heterocycles. The van der Waals surface area contributed by atoms with Gasteiger partial charge >= 0.3 is 0 Å². The topological polar surface area (TPSA) is 58.2 Å². The molecule has 1 saturated heterocycles. The number of benzene rings is 1. The van der Waals surface area contributed by atoms with Gasteiger partial charge in [-0.2, -0.15) is 0 Å². The molecule has 0 aliphatic carbocycles. The van der Waals surface area contributed by atoms with Crippen LogP contribution in [0.3, 0.4) is 0 Å². The van der Waals surface area contributed by atoms with Crippen molar-refractivity contribution in [2.45, 2.75) is 23.8 Å². The Morgan fingerprint density at radius 2 is 2.00 bits per heavy atom. The number of nitrogens with one attached hydrogen (secondary N) is 2. The first-order valence-electron chi connectivity index (χ1n) is 5.67. The van der Waals surface area contributed by atoms with Crippen LogP contribution in [0.15, 0.2) is 27.6 Å². The van der Waals surface area contributed by atoms with Crippen LogP contribution < -0.4 is 10.0 Å². The minimum Gasteiger partial charge on any atom is -0.317 e. The molecular formula is C11H14BrClN2O2S. The smallest absolute Gasteiger partial charge is 0.242 e. The normalized spacial score (nSPS) is 17.9. The van der Waals surface area contributed by atoms with E-state index in [1.54, 1.807) is 12.1 Å². The predicted molar refractivity (Wildman–Crippen MR) is 75.4 cm³/mol. The van der Waals surface area contributed by atoms with Crippen molar-refractivity contribution in [2.24, 2.45) is 0 Å². The minimum absolute atomic E-state index is 0.0219. The lowest BCUT2D eigenvalue weighted by atomic mass is 10.1. The van der Waals surface area contributed by atoms with Gasteiger partial charge in [0.05, 0.1) is 5.02 Å². The van der Waals surface area contributed by atoms with E-state index in [4.69, 9.17) is 11.6 Å². The van der Waals surface area contributed by atoms with Crippen molar-refractivity contribution < 1.29 is 8.42 Å². The van der Waals surface area contributed by atoms with Gasteiger partial charge in [0.15, 0.2) is 0 Å². The van der Waals surface area contributed by atoms with E-state index >= 15 is 0 Å². The second-order valence-electron chi connectivity index (χ2n) is 4.22. The molecule has 0 amide bonds. The van der Waals surface area contributed by atoms with Crippen LogP contribution in [-0.4, -0.2) is 27.5 Å². The highest BCUT2D eigenvalue weighted by Gasteiger charge is 2.23. The van der Waals surface area contributed by atoms with Crippen LogP contribution in [0.2, 0.25) is 5.02 Å². The van der Waals surface area contributed by atoms with E-state index in [0.29, 0.717) is 4.47 Å². The molecule has 0 aromatic heterocycles. The van der Waals surface area contributed by atoms with Crippen LogP contribution in [0.5, 0.6) is 0 Å². The highest BCUT2D eigenvalue weighted by molar-refractivity contribution is 9.10. The summed E-state index contributed by atoms with van der Waals surface area (Å²) in [5.41, 5.74) is 0. The summed E-state index contributed by atoms with van der Waals surface area (Å²) in [6.07, 6.45) is 1.59. The van der Waals surface area contributed by atoms with E-state index in [9.17, 15) is 8.42 Å². The van der Waals surface area contributed by atoms with Gasteiger partial charge in [0, 0.05) is 10.5 Å². The molecule has 7 heteroatoms. The summed E-state index contributed by atoms with van der Waals surface area (Å²) in [5.74, 6) is 0. The monoisotopic (exact) mass is 352 g/mol. The standard InChI is InChI=1S/C11H14BrClN2O2S/c12-8-1-2-10(13)11(7-8)18(16,17)15-9-3-5-14-6-4-9/h1-2,7,9,14-15H,3-6H2. The number of piperidine rings is 1. The zero-order valence-electron chi connectivity index (χ0n) is 9.62. The molecule has 0 atom stereocenters. The molecule has 1 fully saturated rings. The Hall–Kier alpha value is -0.140. The van der Waals surface area contributed by atoms with Crippen molar-refractivity contribution in [3.05, 3.63) is 27.7 Å². The fraction of sp³-hybridized carbons (Fsp3) is 0.455. The molecule has 0 bridgehead atoms. The third-order valence-corrected chi connectivity index (χ3v) is 5.34. The fourth-order valence-corrected chi connectivity index (χ4v) is 4.25. The third-order valence-electron chi connectivity index (χ3n) is 2.84. The summed E-state index contributed by atoms with van der Waals surface area (Å²) in [4.78, 5) is 0.122. The van der Waals surface area contributed by atoms with Gasteiger partial charge in [-0.1, -0.05) is 27.5 Å². The van der Waals surface area contributed by atoms with Crippen LogP contribution in [0.25, 0.3) is 0 Å². The van der Waals surface area contributed by atoms with E-state index in [1.807, 2.05) is 0 Å². The van der Waals surface area contributed by atoms with Gasteiger partial charge in [-0.15, -0.1) is 0 Å². The number of hydrogen-bond donors (Lipinski definition) is 2. The molecule has 1 aromatic rings. The van der Waals surface area contributed by atoms with Crippen molar-refractivity contribution in [1.82, 2.24) is 10.0 Å². The van der Waals surface area contributed by atoms with Gasteiger partial charge in [-0.3, -0.25) is 0 Å². The molecule has 0 spiro atoms. The van der Waals surface area contributed by atoms with E-state index in [0.717, 1.165) is 25.9 Å². The second-order valence-corrected chi connectivity index (χ2v) is 7.23. The van der Waals surface area contributed by atoms with Gasteiger partial charge in [0.1, 0.15) is 4.90 Å². The number of halogens is 2. The Morgan fingerprint density at radius 3 is 2.67 bits per heavy atom. The molecule has 2 N–H and O–H groups in total. The van der Waals surface area contributed by atoms with Crippen molar-refractivity contribution in [3.8, 4) is 0 Å². The van der Waals surface area contributed by atoms with Gasteiger partial charge in [-0.25, -0.2) is 13.1 Å². The maximum atomic E-state index is 12.2. The molecule has 18 heavy (non-hydrogen) atoms. The van der Waals surface area contributed by atoms with Crippen LogP contribution in [0.1, 0.15) is 12.8 Å². The number of sulfonamides is 1. The van der Waals surface area contributed by atoms with Crippen molar-refractivity contribution in [2.75, 3.05) is 13.1 Å². The van der Waals surface area contributed by atoms with Crippen molar-refractivity contribution in [3.63, 3.8) is 0 Å². The SMILES string of the molecule is O=S(=O)(NC1CCNCC1)c1cc(Br)ccc1Cl. The molecule has 100 valence electrons. The summed E-state index contributed by atoms with van der Waals surface area (Å²) in [6, 6.07) is 4.78. The van der Waals surface area contributed by atoms with Gasteiger partial charge < -0.3 is 5.32 Å². The first-order chi connectivity index (χ1) is 8.49. The van der Waals surface area contributed by atoms with Crippen molar-refractivity contribution >= 4 is 37.6 Å². The Kier molecular flexibility index (Phi) is 4.66. The first-order valence-corrected chi connectivity index (χ1v) is 8.32. The summed E-state index contributed by atoms with van der Waals surface area (Å²) in [7, 11) is -3.55. The first kappa shape index (κ1) is 14.3. The fourth-order valence-electron chi connectivity index (χ4n) is 1.91. The van der Waals surface area contributed by atoms with E-state index < -0.39 is 10.0 Å². The Morgan fingerprint density at radius 1 is 1.33 bits per heavy atom. The summed E-state index contributed by atoms with van der Waals surface area (Å²) >= 11 is 9.20. The lowest BCUT2D eigenvalue weighted by molar-refractivity contribution is 0.427. The molecule has 1 heterocycles. The Bertz CT molecular complexity index is 530. The third kappa shape index (κ3) is 3.45. The number of hydrogen-bond acceptors (Lipinski definition) is 3. The Balaban J connectivity index is 2.21. The largest absolute Gasteiger partial charge is 0.317 e. The highest BCUT2D eigenvalue weighted by atomic mass is 79.9. The maximum Gasteiger partial charge on any atom is 0.242 e. The average Bonchev–Trinajstić information content (AvgIpc) is 2.33. The summed E-state index contributed by atoms with van der Waals surface area (Å²) < 4.78 is 27.9. The highest BCUT2D eigenvalue weighted by Crippen LogP contribution is 2.25. The zero-order valence-corrected chi connectivity index (χ0v) is 12.8. The van der Waals surface area contributed by atoms with Crippen molar-refractivity contribution in [1.29, 1.82) is 0 Å². The van der Waals surface area contributed by atoms with Gasteiger partial charge in [0.25, 0.3) is 0 Å². The minimum atomic E-state index is -3.55. The molecule has 1 aliphatic rings. The summed E-state index contributed by atoms with van der Waals surface area (Å²) in [5, 5.41) is 3.43. The predicted octanol–water partition coefficient (Wildman–Crippen LogP) is 2.13.